The molecule has 0 bridgehead atoms. The van der Waals surface area contributed by atoms with Crippen molar-refractivity contribution in [1.29, 1.82) is 0 Å². The van der Waals surface area contributed by atoms with Crippen LogP contribution in [-0.4, -0.2) is 18.4 Å². The van der Waals surface area contributed by atoms with Crippen LogP contribution in [0.2, 0.25) is 0 Å². The van der Waals surface area contributed by atoms with Crippen molar-refractivity contribution in [1.82, 2.24) is 0 Å². The summed E-state index contributed by atoms with van der Waals surface area (Å²) >= 11 is 0. The molecule has 2 aromatic rings. The molecule has 0 N–H and O–H groups in total. The van der Waals surface area contributed by atoms with Crippen LogP contribution in [0.5, 0.6) is 5.75 Å². The Hall–Kier alpha value is -2.62. The van der Waals surface area contributed by atoms with Gasteiger partial charge >= 0.3 is 5.97 Å². The molecule has 1 aliphatic heterocycles. The van der Waals surface area contributed by atoms with Crippen molar-refractivity contribution in [2.24, 2.45) is 5.92 Å². The predicted octanol–water partition coefficient (Wildman–Crippen LogP) is 4.78. The second kappa shape index (κ2) is 7.95. The highest BCUT2D eigenvalue weighted by Crippen LogP contribution is 2.32. The predicted molar refractivity (Wildman–Crippen MR) is 107 cm³/mol. The number of aryl methyl sites for hydroxylation is 1. The number of rotatable bonds is 5. The summed E-state index contributed by atoms with van der Waals surface area (Å²) in [7, 11) is 0. The summed E-state index contributed by atoms with van der Waals surface area (Å²) in [6, 6.07) is 13.6. The van der Waals surface area contributed by atoms with Crippen molar-refractivity contribution < 1.29 is 14.3 Å². The lowest BCUT2D eigenvalue weighted by atomic mass is 9.98. The van der Waals surface area contributed by atoms with E-state index in [1.165, 1.54) is 0 Å². The third-order valence-electron chi connectivity index (χ3n) is 5.60. The first-order chi connectivity index (χ1) is 12.9. The highest BCUT2D eigenvalue weighted by molar-refractivity contribution is 6.00. The van der Waals surface area contributed by atoms with E-state index in [0.29, 0.717) is 18.2 Å². The molecule has 4 heteroatoms. The van der Waals surface area contributed by atoms with Crippen molar-refractivity contribution in [2.75, 3.05) is 11.4 Å². The number of carbonyl (C=O) groups is 2. The topological polar surface area (TPSA) is 46.6 Å². The van der Waals surface area contributed by atoms with Crippen LogP contribution in [0.25, 0.3) is 0 Å². The Morgan fingerprint density at radius 1 is 1.19 bits per heavy atom. The number of benzene rings is 2. The van der Waals surface area contributed by atoms with Crippen molar-refractivity contribution in [2.45, 2.75) is 46.5 Å². The third-order valence-corrected chi connectivity index (χ3v) is 5.60. The number of esters is 1. The number of nitrogens with zero attached hydrogens (tertiary/aromatic N) is 1. The fourth-order valence-electron chi connectivity index (χ4n) is 3.52. The number of amides is 1. The lowest BCUT2D eigenvalue weighted by molar-refractivity contribution is -0.139. The highest BCUT2D eigenvalue weighted by atomic mass is 16.5. The number of hydrogen-bond donors (Lipinski definition) is 0. The van der Waals surface area contributed by atoms with Gasteiger partial charge in [0.25, 0.3) is 0 Å². The van der Waals surface area contributed by atoms with E-state index >= 15 is 0 Å². The van der Waals surface area contributed by atoms with Gasteiger partial charge in [0.15, 0.2) is 0 Å². The van der Waals surface area contributed by atoms with E-state index in [1.807, 2.05) is 56.3 Å². The van der Waals surface area contributed by atoms with Gasteiger partial charge in [-0.2, -0.15) is 0 Å². The van der Waals surface area contributed by atoms with Crippen LogP contribution < -0.4 is 9.64 Å². The van der Waals surface area contributed by atoms with Gasteiger partial charge in [-0.25, -0.2) is 0 Å². The largest absolute Gasteiger partial charge is 0.426 e. The van der Waals surface area contributed by atoms with E-state index in [1.54, 1.807) is 4.90 Å². The summed E-state index contributed by atoms with van der Waals surface area (Å²) in [6.45, 7) is 8.63. The smallest absolute Gasteiger partial charge is 0.316 e. The first-order valence-electron chi connectivity index (χ1n) is 9.59. The summed E-state index contributed by atoms with van der Waals surface area (Å²) in [5.41, 5.74) is 4.12. The highest BCUT2D eigenvalue weighted by Gasteiger charge is 2.37. The zero-order valence-electron chi connectivity index (χ0n) is 16.5. The summed E-state index contributed by atoms with van der Waals surface area (Å²) < 4.78 is 5.72. The minimum absolute atomic E-state index is 0.0270. The van der Waals surface area contributed by atoms with Crippen molar-refractivity contribution in [3.05, 3.63) is 59.2 Å². The Morgan fingerprint density at radius 2 is 1.93 bits per heavy atom. The summed E-state index contributed by atoms with van der Waals surface area (Å²) in [4.78, 5) is 27.0. The molecule has 0 unspecified atom stereocenters. The minimum atomic E-state index is -0.442. The average molecular weight is 365 g/mol. The monoisotopic (exact) mass is 365 g/mol. The molecule has 0 aromatic heterocycles. The third kappa shape index (κ3) is 3.90. The molecule has 0 radical (unpaired) electrons. The molecule has 1 saturated heterocycles. The van der Waals surface area contributed by atoms with Gasteiger partial charge < -0.3 is 9.64 Å². The number of anilines is 1. The van der Waals surface area contributed by atoms with Crippen molar-refractivity contribution in [3.63, 3.8) is 0 Å². The number of hydrogen-bond acceptors (Lipinski definition) is 3. The van der Waals surface area contributed by atoms with E-state index in [2.05, 4.69) is 13.8 Å². The summed E-state index contributed by atoms with van der Waals surface area (Å²) in [5.74, 6) is 0.121. The Bertz CT molecular complexity index is 858. The SMILES string of the molecule is CC[C@H](C)c1ccccc1OC(=O)[C@H]1CC(=O)N(c2cccc(C)c2C)C1. The quantitative estimate of drug-likeness (QED) is 0.566. The molecular formula is C23H27NO3. The zero-order chi connectivity index (χ0) is 19.6. The van der Waals surface area contributed by atoms with E-state index in [0.717, 1.165) is 28.8 Å². The molecule has 2 atom stereocenters. The van der Waals surface area contributed by atoms with Crippen LogP contribution in [0, 0.1) is 19.8 Å². The van der Waals surface area contributed by atoms with Crippen LogP contribution in [-0.2, 0) is 9.59 Å². The van der Waals surface area contributed by atoms with Crippen LogP contribution in [0.3, 0.4) is 0 Å². The van der Waals surface area contributed by atoms with Crippen molar-refractivity contribution >= 4 is 17.6 Å². The van der Waals surface area contributed by atoms with Gasteiger partial charge in [0.2, 0.25) is 5.91 Å². The summed E-state index contributed by atoms with van der Waals surface area (Å²) in [5, 5.41) is 0. The first kappa shape index (κ1) is 19.2. The maximum absolute atomic E-state index is 12.8. The second-order valence-electron chi connectivity index (χ2n) is 7.39. The molecule has 1 fully saturated rings. The molecule has 4 nitrogen and oxygen atoms in total. The Balaban J connectivity index is 1.76. The van der Waals surface area contributed by atoms with Crippen LogP contribution in [0.4, 0.5) is 5.69 Å². The zero-order valence-corrected chi connectivity index (χ0v) is 16.5. The van der Waals surface area contributed by atoms with E-state index in [-0.39, 0.29) is 18.3 Å². The van der Waals surface area contributed by atoms with E-state index < -0.39 is 5.92 Å². The summed E-state index contributed by atoms with van der Waals surface area (Å²) in [6.07, 6.45) is 1.16. The maximum Gasteiger partial charge on any atom is 0.316 e. The second-order valence-corrected chi connectivity index (χ2v) is 7.39. The molecule has 2 aromatic carbocycles. The fraction of sp³-hybridized carbons (Fsp3) is 0.391. The molecule has 27 heavy (non-hydrogen) atoms. The first-order valence-corrected chi connectivity index (χ1v) is 9.59. The van der Waals surface area contributed by atoms with Crippen LogP contribution >= 0.6 is 0 Å². The van der Waals surface area contributed by atoms with Gasteiger partial charge in [-0.3, -0.25) is 9.59 Å². The lowest BCUT2D eigenvalue weighted by Crippen LogP contribution is -2.28. The molecule has 3 rings (SSSR count). The fourth-order valence-corrected chi connectivity index (χ4v) is 3.52. The molecule has 1 aliphatic rings. The standard InChI is InChI=1S/C23H27NO3/c1-5-15(2)19-10-6-7-12-21(19)27-23(26)18-13-22(25)24(14-18)20-11-8-9-16(3)17(20)4/h6-12,15,18H,5,13-14H2,1-4H3/t15-,18-/m0/s1. The Labute approximate surface area is 161 Å². The molecule has 0 aliphatic carbocycles. The van der Waals surface area contributed by atoms with Crippen LogP contribution in [0.1, 0.15) is 49.3 Å². The van der Waals surface area contributed by atoms with Gasteiger partial charge in [0, 0.05) is 18.7 Å². The molecule has 0 spiro atoms. The maximum atomic E-state index is 12.8. The number of carbonyl (C=O) groups excluding carboxylic acids is 2. The average Bonchev–Trinajstić information content (AvgIpc) is 3.05. The normalized spacial score (nSPS) is 17.9. The molecule has 142 valence electrons. The van der Waals surface area contributed by atoms with E-state index in [4.69, 9.17) is 4.74 Å². The van der Waals surface area contributed by atoms with Gasteiger partial charge in [0.05, 0.1) is 5.92 Å². The van der Waals surface area contributed by atoms with Crippen molar-refractivity contribution in [3.8, 4) is 5.75 Å². The Kier molecular flexibility index (Phi) is 5.64. The van der Waals surface area contributed by atoms with Crippen LogP contribution in [0.15, 0.2) is 42.5 Å². The van der Waals surface area contributed by atoms with Gasteiger partial charge in [0.1, 0.15) is 5.75 Å². The Morgan fingerprint density at radius 3 is 2.67 bits per heavy atom. The number of para-hydroxylation sites is 1. The molecular weight excluding hydrogens is 338 g/mol. The van der Waals surface area contributed by atoms with Gasteiger partial charge in [-0.1, -0.05) is 44.2 Å². The van der Waals surface area contributed by atoms with E-state index in [9.17, 15) is 9.59 Å². The van der Waals surface area contributed by atoms with Gasteiger partial charge in [-0.15, -0.1) is 0 Å². The lowest BCUT2D eigenvalue weighted by Gasteiger charge is -2.20. The minimum Gasteiger partial charge on any atom is -0.426 e. The number of ether oxygens (including phenoxy) is 1. The molecule has 0 saturated carbocycles. The molecule has 1 amide bonds. The van der Waals surface area contributed by atoms with Gasteiger partial charge in [-0.05, 0) is 55.0 Å². The molecule has 1 heterocycles.